The summed E-state index contributed by atoms with van der Waals surface area (Å²) in [6, 6.07) is 18.3. The van der Waals surface area contributed by atoms with Crippen LogP contribution < -0.4 is 10.3 Å². The maximum absolute atomic E-state index is 12.3. The summed E-state index contributed by atoms with van der Waals surface area (Å²) in [7, 11) is 0. The molecule has 0 saturated carbocycles. The van der Waals surface area contributed by atoms with E-state index in [2.05, 4.69) is 33.2 Å². The second kappa shape index (κ2) is 6.62. The zero-order chi connectivity index (χ0) is 16.4. The fraction of sp³-hybridized carbons (Fsp3) is 0.278. The van der Waals surface area contributed by atoms with E-state index in [0.29, 0.717) is 0 Å². The highest BCUT2D eigenvalue weighted by Crippen LogP contribution is 2.31. The number of carbonyl (C=O) groups excluding carboxylic acids is 1. The molecular formula is C18H20BrN3O. The Bertz CT molecular complexity index is 674. The van der Waals surface area contributed by atoms with Gasteiger partial charge in [0.05, 0.1) is 11.7 Å². The second-order valence-electron chi connectivity index (χ2n) is 5.80. The molecule has 0 spiro atoms. The van der Waals surface area contributed by atoms with E-state index in [1.807, 2.05) is 59.6 Å². The lowest BCUT2D eigenvalue weighted by Crippen LogP contribution is -2.48. The summed E-state index contributed by atoms with van der Waals surface area (Å²) >= 11 is 3.44. The molecule has 4 nitrogen and oxygen atoms in total. The van der Waals surface area contributed by atoms with Gasteiger partial charge in [0.2, 0.25) is 5.91 Å². The van der Waals surface area contributed by atoms with Crippen LogP contribution in [-0.2, 0) is 4.79 Å². The number of benzene rings is 2. The van der Waals surface area contributed by atoms with Crippen LogP contribution in [0.15, 0.2) is 59.1 Å². The van der Waals surface area contributed by atoms with Crippen molar-refractivity contribution in [3.8, 4) is 0 Å². The first-order chi connectivity index (χ1) is 11.1. The number of carbonyl (C=O) groups is 1. The van der Waals surface area contributed by atoms with Crippen molar-refractivity contribution < 1.29 is 4.79 Å². The standard InChI is InChI=1S/C18H20BrN3O/c1-13-12-18(20-16-10-8-15(19)9-11-16)22(14(2)23)21(13)17-6-4-3-5-7-17/h3-11,13,18,20H,12H2,1-2H3/t13-,18-/m0/s1. The van der Waals surface area contributed by atoms with Gasteiger partial charge in [-0.25, -0.2) is 5.01 Å². The largest absolute Gasteiger partial charge is 0.364 e. The van der Waals surface area contributed by atoms with E-state index in [1.165, 1.54) is 0 Å². The lowest BCUT2D eigenvalue weighted by atomic mass is 10.2. The number of hydrazine groups is 1. The van der Waals surface area contributed by atoms with Crippen molar-refractivity contribution in [1.82, 2.24) is 5.01 Å². The first kappa shape index (κ1) is 15.9. The highest BCUT2D eigenvalue weighted by molar-refractivity contribution is 9.10. The molecule has 0 unspecified atom stereocenters. The molecule has 2 aromatic rings. The number of nitrogens with zero attached hydrogens (tertiary/aromatic N) is 2. The zero-order valence-electron chi connectivity index (χ0n) is 13.2. The number of para-hydroxylation sites is 1. The van der Waals surface area contributed by atoms with E-state index < -0.39 is 0 Å². The molecule has 1 N–H and O–H groups in total. The number of anilines is 2. The molecular weight excluding hydrogens is 354 g/mol. The molecule has 3 rings (SSSR count). The fourth-order valence-corrected chi connectivity index (χ4v) is 3.34. The Hall–Kier alpha value is -2.01. The van der Waals surface area contributed by atoms with Crippen molar-refractivity contribution in [2.45, 2.75) is 32.5 Å². The Morgan fingerprint density at radius 2 is 1.78 bits per heavy atom. The molecule has 1 saturated heterocycles. The lowest BCUT2D eigenvalue weighted by molar-refractivity contribution is -0.129. The molecule has 1 aliphatic heterocycles. The van der Waals surface area contributed by atoms with E-state index in [4.69, 9.17) is 0 Å². The molecule has 2 atom stereocenters. The Morgan fingerprint density at radius 1 is 1.13 bits per heavy atom. The van der Waals surface area contributed by atoms with Crippen LogP contribution in [0, 0.1) is 0 Å². The maximum atomic E-state index is 12.3. The van der Waals surface area contributed by atoms with E-state index in [9.17, 15) is 4.79 Å². The monoisotopic (exact) mass is 373 g/mol. The number of hydrogen-bond acceptors (Lipinski definition) is 3. The molecule has 120 valence electrons. The molecule has 23 heavy (non-hydrogen) atoms. The first-order valence-electron chi connectivity index (χ1n) is 7.72. The molecule has 5 heteroatoms. The second-order valence-corrected chi connectivity index (χ2v) is 6.71. The first-order valence-corrected chi connectivity index (χ1v) is 8.51. The summed E-state index contributed by atoms with van der Waals surface area (Å²) in [6.07, 6.45) is 0.814. The van der Waals surface area contributed by atoms with Gasteiger partial charge < -0.3 is 5.32 Å². The Kier molecular flexibility index (Phi) is 4.57. The minimum atomic E-state index is -0.0520. The van der Waals surface area contributed by atoms with Gasteiger partial charge in [0.25, 0.3) is 0 Å². The number of halogens is 1. The van der Waals surface area contributed by atoms with Crippen molar-refractivity contribution in [2.24, 2.45) is 0 Å². The summed E-state index contributed by atoms with van der Waals surface area (Å²) in [5.41, 5.74) is 2.04. The highest BCUT2D eigenvalue weighted by atomic mass is 79.9. The molecule has 2 aromatic carbocycles. The van der Waals surface area contributed by atoms with Gasteiger partial charge in [0.1, 0.15) is 6.17 Å². The predicted octanol–water partition coefficient (Wildman–Crippen LogP) is 4.25. The third-order valence-corrected chi connectivity index (χ3v) is 4.56. The molecule has 1 fully saturated rings. The van der Waals surface area contributed by atoms with Crippen LogP contribution >= 0.6 is 15.9 Å². The van der Waals surface area contributed by atoms with Crippen molar-refractivity contribution >= 4 is 33.2 Å². The van der Waals surface area contributed by atoms with Gasteiger partial charge in [-0.05, 0) is 43.3 Å². The van der Waals surface area contributed by atoms with Crippen LogP contribution in [0.2, 0.25) is 0 Å². The van der Waals surface area contributed by atoms with Crippen LogP contribution in [-0.4, -0.2) is 23.1 Å². The molecule has 0 radical (unpaired) electrons. The van der Waals surface area contributed by atoms with Crippen LogP contribution in [0.4, 0.5) is 11.4 Å². The van der Waals surface area contributed by atoms with Crippen LogP contribution in [0.3, 0.4) is 0 Å². The summed E-state index contributed by atoms with van der Waals surface area (Å²) < 4.78 is 1.04. The van der Waals surface area contributed by atoms with Crippen LogP contribution in [0.1, 0.15) is 20.3 Å². The van der Waals surface area contributed by atoms with Gasteiger partial charge in [-0.15, -0.1) is 0 Å². The van der Waals surface area contributed by atoms with Crippen molar-refractivity contribution in [1.29, 1.82) is 0 Å². The number of nitrogens with one attached hydrogen (secondary N) is 1. The average molecular weight is 374 g/mol. The number of hydrogen-bond donors (Lipinski definition) is 1. The third-order valence-electron chi connectivity index (χ3n) is 4.03. The third kappa shape index (κ3) is 3.34. The Morgan fingerprint density at radius 3 is 2.39 bits per heavy atom. The summed E-state index contributed by atoms with van der Waals surface area (Å²) in [4.78, 5) is 12.3. The smallest absolute Gasteiger partial charge is 0.239 e. The van der Waals surface area contributed by atoms with Crippen LogP contribution in [0.25, 0.3) is 0 Å². The van der Waals surface area contributed by atoms with E-state index >= 15 is 0 Å². The van der Waals surface area contributed by atoms with Crippen LogP contribution in [0.5, 0.6) is 0 Å². The van der Waals surface area contributed by atoms with Crippen molar-refractivity contribution in [2.75, 3.05) is 10.3 Å². The Labute approximate surface area is 145 Å². The van der Waals surface area contributed by atoms with E-state index in [0.717, 1.165) is 22.3 Å². The maximum Gasteiger partial charge on any atom is 0.239 e. The molecule has 0 bridgehead atoms. The quantitative estimate of drug-likeness (QED) is 0.873. The van der Waals surface area contributed by atoms with E-state index in [-0.39, 0.29) is 18.1 Å². The number of rotatable bonds is 3. The van der Waals surface area contributed by atoms with Gasteiger partial charge in [0, 0.05) is 23.5 Å². The predicted molar refractivity (Wildman–Crippen MR) is 97.1 cm³/mol. The van der Waals surface area contributed by atoms with Gasteiger partial charge in [-0.3, -0.25) is 9.80 Å². The normalized spacial score (nSPS) is 20.7. The molecule has 1 heterocycles. The van der Waals surface area contributed by atoms with Crippen molar-refractivity contribution in [3.05, 3.63) is 59.1 Å². The minimum absolute atomic E-state index is 0.0350. The van der Waals surface area contributed by atoms with Gasteiger partial charge in [-0.2, -0.15) is 0 Å². The average Bonchev–Trinajstić information content (AvgIpc) is 2.87. The number of amides is 1. The van der Waals surface area contributed by atoms with Gasteiger partial charge in [-0.1, -0.05) is 34.1 Å². The van der Waals surface area contributed by atoms with E-state index in [1.54, 1.807) is 6.92 Å². The Balaban J connectivity index is 1.86. The highest BCUT2D eigenvalue weighted by Gasteiger charge is 2.38. The summed E-state index contributed by atoms with van der Waals surface area (Å²) in [5.74, 6) is 0.0350. The lowest BCUT2D eigenvalue weighted by Gasteiger charge is -2.35. The molecule has 0 aromatic heterocycles. The minimum Gasteiger partial charge on any atom is -0.364 e. The van der Waals surface area contributed by atoms with Gasteiger partial charge >= 0.3 is 0 Å². The zero-order valence-corrected chi connectivity index (χ0v) is 14.8. The van der Waals surface area contributed by atoms with Crippen molar-refractivity contribution in [3.63, 3.8) is 0 Å². The molecule has 0 aliphatic carbocycles. The fourth-order valence-electron chi connectivity index (χ4n) is 3.07. The summed E-state index contributed by atoms with van der Waals surface area (Å²) in [5, 5.41) is 7.38. The molecule has 1 aliphatic rings. The SMILES string of the molecule is CC(=O)N1[C@H](Nc2ccc(Br)cc2)C[C@H](C)N1c1ccccc1. The van der Waals surface area contributed by atoms with Gasteiger partial charge in [0.15, 0.2) is 0 Å². The molecule has 1 amide bonds. The topological polar surface area (TPSA) is 35.6 Å². The summed E-state index contributed by atoms with van der Waals surface area (Å²) in [6.45, 7) is 3.76.